The molecular weight excluding hydrogens is 184 g/mol. The summed E-state index contributed by atoms with van der Waals surface area (Å²) in [5.74, 6) is 0.683. The molecule has 74 valence electrons. The first-order valence-corrected chi connectivity index (χ1v) is 4.82. The molecular formula is C10H17ClN2. The number of rotatable bonds is 3. The number of halogens is 1. The second-order valence-corrected chi connectivity index (χ2v) is 2.84. The largest absolute Gasteiger partial charge is 0.333 e. The van der Waals surface area contributed by atoms with Gasteiger partial charge < -0.3 is 11.5 Å². The van der Waals surface area contributed by atoms with E-state index in [1.54, 1.807) is 0 Å². The number of aryl methyl sites for hydroxylation is 1. The SMILES string of the molecule is CN.NCc1ccc(CCCl)cc1. The Bertz CT molecular complexity index is 209. The van der Waals surface area contributed by atoms with Gasteiger partial charge in [-0.25, -0.2) is 0 Å². The molecule has 0 radical (unpaired) electrons. The molecule has 0 saturated carbocycles. The Morgan fingerprint density at radius 3 is 1.92 bits per heavy atom. The molecule has 2 nitrogen and oxygen atoms in total. The number of alkyl halides is 1. The van der Waals surface area contributed by atoms with Gasteiger partial charge in [0.05, 0.1) is 0 Å². The average Bonchev–Trinajstić information content (AvgIpc) is 2.23. The van der Waals surface area contributed by atoms with Crippen LogP contribution in [0.15, 0.2) is 24.3 Å². The molecule has 1 rings (SSSR count). The van der Waals surface area contributed by atoms with Gasteiger partial charge in [-0.3, -0.25) is 0 Å². The van der Waals surface area contributed by atoms with E-state index in [2.05, 4.69) is 17.9 Å². The zero-order chi connectivity index (χ0) is 10.1. The first-order valence-electron chi connectivity index (χ1n) is 4.28. The Kier molecular flexibility index (Phi) is 7.69. The summed E-state index contributed by atoms with van der Waals surface area (Å²) in [5, 5.41) is 0. The first-order chi connectivity index (χ1) is 6.36. The van der Waals surface area contributed by atoms with Crippen LogP contribution in [0.4, 0.5) is 0 Å². The van der Waals surface area contributed by atoms with Gasteiger partial charge in [0.1, 0.15) is 0 Å². The number of hydrogen-bond donors (Lipinski definition) is 2. The van der Waals surface area contributed by atoms with Crippen LogP contribution in [0.5, 0.6) is 0 Å². The van der Waals surface area contributed by atoms with Crippen molar-refractivity contribution >= 4 is 11.6 Å². The van der Waals surface area contributed by atoms with Gasteiger partial charge in [0, 0.05) is 12.4 Å². The minimum absolute atomic E-state index is 0.612. The summed E-state index contributed by atoms with van der Waals surface area (Å²) in [6.07, 6.45) is 0.937. The van der Waals surface area contributed by atoms with Crippen molar-refractivity contribution in [3.05, 3.63) is 35.4 Å². The van der Waals surface area contributed by atoms with Crippen LogP contribution in [-0.4, -0.2) is 12.9 Å². The van der Waals surface area contributed by atoms with E-state index in [-0.39, 0.29) is 0 Å². The van der Waals surface area contributed by atoms with Crippen molar-refractivity contribution in [1.82, 2.24) is 0 Å². The second-order valence-electron chi connectivity index (χ2n) is 2.46. The molecule has 0 aliphatic rings. The molecule has 0 bridgehead atoms. The van der Waals surface area contributed by atoms with Gasteiger partial charge in [-0.1, -0.05) is 24.3 Å². The van der Waals surface area contributed by atoms with Crippen LogP contribution in [0.25, 0.3) is 0 Å². The molecule has 0 heterocycles. The third-order valence-electron chi connectivity index (χ3n) is 1.64. The molecule has 0 aliphatic heterocycles. The van der Waals surface area contributed by atoms with Crippen LogP contribution in [0.2, 0.25) is 0 Å². The van der Waals surface area contributed by atoms with Crippen LogP contribution in [0.3, 0.4) is 0 Å². The molecule has 0 aliphatic carbocycles. The lowest BCUT2D eigenvalue weighted by Crippen LogP contribution is -1.96. The topological polar surface area (TPSA) is 52.0 Å². The Balaban J connectivity index is 0.000000671. The fraction of sp³-hybridized carbons (Fsp3) is 0.400. The molecule has 0 aromatic heterocycles. The smallest absolute Gasteiger partial charge is 0.0263 e. The maximum absolute atomic E-state index is 5.59. The Hall–Kier alpha value is -0.570. The number of nitrogens with two attached hydrogens (primary N) is 2. The van der Waals surface area contributed by atoms with E-state index in [4.69, 9.17) is 17.3 Å². The van der Waals surface area contributed by atoms with Crippen molar-refractivity contribution in [3.8, 4) is 0 Å². The molecule has 0 spiro atoms. The lowest BCUT2D eigenvalue weighted by Gasteiger charge is -1.98. The van der Waals surface area contributed by atoms with E-state index in [1.807, 2.05) is 12.1 Å². The molecule has 0 saturated heterocycles. The lowest BCUT2D eigenvalue weighted by molar-refractivity contribution is 1.06. The Morgan fingerprint density at radius 1 is 1.08 bits per heavy atom. The minimum Gasteiger partial charge on any atom is -0.333 e. The molecule has 1 aromatic rings. The highest BCUT2D eigenvalue weighted by Crippen LogP contribution is 2.04. The van der Waals surface area contributed by atoms with Gasteiger partial charge in [0.25, 0.3) is 0 Å². The Morgan fingerprint density at radius 2 is 1.54 bits per heavy atom. The summed E-state index contributed by atoms with van der Waals surface area (Å²) in [6, 6.07) is 8.24. The maximum Gasteiger partial charge on any atom is 0.0263 e. The van der Waals surface area contributed by atoms with E-state index in [1.165, 1.54) is 18.2 Å². The van der Waals surface area contributed by atoms with E-state index < -0.39 is 0 Å². The summed E-state index contributed by atoms with van der Waals surface area (Å²) in [5.41, 5.74) is 12.4. The molecule has 0 unspecified atom stereocenters. The van der Waals surface area contributed by atoms with Gasteiger partial charge in [0.15, 0.2) is 0 Å². The predicted octanol–water partition coefficient (Wildman–Crippen LogP) is 1.50. The quantitative estimate of drug-likeness (QED) is 0.727. The first kappa shape index (κ1) is 12.4. The molecule has 0 amide bonds. The standard InChI is InChI=1S/C9H12ClN.CH5N/c10-6-5-8-1-3-9(7-11)4-2-8;1-2/h1-4H,5-7,11H2;2H2,1H3. The van der Waals surface area contributed by atoms with Gasteiger partial charge in [-0.15, -0.1) is 11.6 Å². The van der Waals surface area contributed by atoms with E-state index in [9.17, 15) is 0 Å². The van der Waals surface area contributed by atoms with Gasteiger partial charge in [0.2, 0.25) is 0 Å². The van der Waals surface area contributed by atoms with Gasteiger partial charge >= 0.3 is 0 Å². The van der Waals surface area contributed by atoms with E-state index >= 15 is 0 Å². The van der Waals surface area contributed by atoms with Crippen LogP contribution >= 0.6 is 11.6 Å². The summed E-state index contributed by atoms with van der Waals surface area (Å²) >= 11 is 5.59. The van der Waals surface area contributed by atoms with Gasteiger partial charge in [-0.05, 0) is 24.6 Å². The molecule has 0 fully saturated rings. The van der Waals surface area contributed by atoms with Crippen LogP contribution in [-0.2, 0) is 13.0 Å². The van der Waals surface area contributed by atoms with E-state index in [0.29, 0.717) is 12.4 Å². The summed E-state index contributed by atoms with van der Waals surface area (Å²) in [6.45, 7) is 0.612. The molecule has 13 heavy (non-hydrogen) atoms. The van der Waals surface area contributed by atoms with E-state index in [0.717, 1.165) is 6.42 Å². The molecule has 1 aromatic carbocycles. The third-order valence-corrected chi connectivity index (χ3v) is 1.83. The fourth-order valence-electron chi connectivity index (χ4n) is 0.951. The van der Waals surface area contributed by atoms with Crippen molar-refractivity contribution in [2.75, 3.05) is 12.9 Å². The lowest BCUT2D eigenvalue weighted by atomic mass is 10.1. The highest BCUT2D eigenvalue weighted by molar-refractivity contribution is 6.17. The summed E-state index contributed by atoms with van der Waals surface area (Å²) < 4.78 is 0. The fourth-order valence-corrected chi connectivity index (χ4v) is 1.17. The van der Waals surface area contributed by atoms with Crippen LogP contribution in [0, 0.1) is 0 Å². The Labute approximate surface area is 84.9 Å². The molecule has 3 heteroatoms. The predicted molar refractivity (Wildman–Crippen MR) is 58.9 cm³/mol. The zero-order valence-electron chi connectivity index (χ0n) is 7.96. The van der Waals surface area contributed by atoms with Crippen molar-refractivity contribution in [2.45, 2.75) is 13.0 Å². The van der Waals surface area contributed by atoms with Crippen LogP contribution < -0.4 is 11.5 Å². The van der Waals surface area contributed by atoms with Gasteiger partial charge in [-0.2, -0.15) is 0 Å². The molecule has 4 N–H and O–H groups in total. The third kappa shape index (κ3) is 4.88. The maximum atomic E-state index is 5.59. The zero-order valence-corrected chi connectivity index (χ0v) is 8.72. The van der Waals surface area contributed by atoms with Crippen LogP contribution in [0.1, 0.15) is 11.1 Å². The summed E-state index contributed by atoms with van der Waals surface area (Å²) in [7, 11) is 1.50. The number of benzene rings is 1. The van der Waals surface area contributed by atoms with Crippen molar-refractivity contribution in [3.63, 3.8) is 0 Å². The van der Waals surface area contributed by atoms with Crippen molar-refractivity contribution < 1.29 is 0 Å². The second kappa shape index (κ2) is 8.05. The van der Waals surface area contributed by atoms with Crippen molar-refractivity contribution in [2.24, 2.45) is 11.5 Å². The average molecular weight is 201 g/mol. The normalized spacial score (nSPS) is 8.92. The number of hydrogen-bond acceptors (Lipinski definition) is 2. The highest BCUT2D eigenvalue weighted by atomic mass is 35.5. The minimum atomic E-state index is 0.612. The summed E-state index contributed by atoms with van der Waals surface area (Å²) in [4.78, 5) is 0. The highest BCUT2D eigenvalue weighted by Gasteiger charge is 1.91. The molecule has 0 atom stereocenters. The van der Waals surface area contributed by atoms with Crippen molar-refractivity contribution in [1.29, 1.82) is 0 Å². The monoisotopic (exact) mass is 200 g/mol.